The first-order valence-corrected chi connectivity index (χ1v) is 7.03. The Bertz CT molecular complexity index is 291. The Labute approximate surface area is 103 Å². The second-order valence-electron chi connectivity index (χ2n) is 6.89. The highest BCUT2D eigenvalue weighted by atomic mass is 16.4. The number of hydrogen-bond acceptors (Lipinski definition) is 2. The monoisotopic (exact) mass is 237 g/mol. The molecule has 4 aliphatic rings. The fourth-order valence-corrected chi connectivity index (χ4v) is 5.33. The van der Waals surface area contributed by atoms with Gasteiger partial charge in [0.15, 0.2) is 0 Å². The molecule has 3 heteroatoms. The first-order valence-electron chi connectivity index (χ1n) is 7.03. The maximum Gasteiger partial charge on any atom is 0.307 e. The molecule has 17 heavy (non-hydrogen) atoms. The molecule has 96 valence electrons. The number of rotatable bonds is 4. The van der Waals surface area contributed by atoms with Gasteiger partial charge in [0.05, 0.1) is 5.92 Å². The Morgan fingerprint density at radius 3 is 2.00 bits per heavy atom. The summed E-state index contributed by atoms with van der Waals surface area (Å²) in [4.78, 5) is 11.2. The van der Waals surface area contributed by atoms with Gasteiger partial charge in [0.25, 0.3) is 0 Å². The van der Waals surface area contributed by atoms with E-state index in [-0.39, 0.29) is 5.92 Å². The zero-order chi connectivity index (χ0) is 12.0. The molecule has 0 amide bonds. The van der Waals surface area contributed by atoms with Gasteiger partial charge in [0.2, 0.25) is 0 Å². The lowest BCUT2D eigenvalue weighted by atomic mass is 9.48. The van der Waals surface area contributed by atoms with Gasteiger partial charge in [-0.1, -0.05) is 0 Å². The third kappa shape index (κ3) is 1.99. The maximum atomic E-state index is 11.2. The standard InChI is InChI=1S/C14H23NO2/c15-8-12(13(16)17)7-14-4-9-1-10(5-14)3-11(2-9)6-14/h9-12H,1-8,15H2,(H,16,17). The molecule has 0 aliphatic heterocycles. The van der Waals surface area contributed by atoms with Gasteiger partial charge in [-0.15, -0.1) is 0 Å². The van der Waals surface area contributed by atoms with Gasteiger partial charge in [-0.25, -0.2) is 0 Å². The number of carboxylic acids is 1. The summed E-state index contributed by atoms with van der Waals surface area (Å²) in [5.41, 5.74) is 5.97. The van der Waals surface area contributed by atoms with E-state index in [4.69, 9.17) is 5.73 Å². The largest absolute Gasteiger partial charge is 0.481 e. The second-order valence-corrected chi connectivity index (χ2v) is 6.89. The van der Waals surface area contributed by atoms with Crippen molar-refractivity contribution in [1.29, 1.82) is 0 Å². The van der Waals surface area contributed by atoms with E-state index in [2.05, 4.69) is 0 Å². The summed E-state index contributed by atoms with van der Waals surface area (Å²) in [5, 5.41) is 9.19. The van der Waals surface area contributed by atoms with Crippen molar-refractivity contribution < 1.29 is 9.90 Å². The molecular weight excluding hydrogens is 214 g/mol. The Balaban J connectivity index is 1.75. The predicted octanol–water partition coefficient (Wildman–Crippen LogP) is 2.25. The van der Waals surface area contributed by atoms with Crippen LogP contribution in [0.4, 0.5) is 0 Å². The van der Waals surface area contributed by atoms with E-state index < -0.39 is 5.97 Å². The van der Waals surface area contributed by atoms with Gasteiger partial charge in [-0.3, -0.25) is 4.79 Å². The van der Waals surface area contributed by atoms with E-state index in [1.165, 1.54) is 38.5 Å². The van der Waals surface area contributed by atoms with E-state index in [9.17, 15) is 9.90 Å². The Kier molecular flexibility index (Phi) is 2.69. The zero-order valence-corrected chi connectivity index (χ0v) is 10.4. The third-order valence-electron chi connectivity index (χ3n) is 5.48. The predicted molar refractivity (Wildman–Crippen MR) is 65.4 cm³/mol. The van der Waals surface area contributed by atoms with Crippen molar-refractivity contribution in [2.75, 3.05) is 6.54 Å². The van der Waals surface area contributed by atoms with Crippen LogP contribution in [0.2, 0.25) is 0 Å². The van der Waals surface area contributed by atoms with Crippen molar-refractivity contribution in [3.05, 3.63) is 0 Å². The fraction of sp³-hybridized carbons (Fsp3) is 0.929. The summed E-state index contributed by atoms with van der Waals surface area (Å²) >= 11 is 0. The van der Waals surface area contributed by atoms with Gasteiger partial charge in [-0.2, -0.15) is 0 Å². The van der Waals surface area contributed by atoms with Crippen LogP contribution in [0.15, 0.2) is 0 Å². The summed E-state index contributed by atoms with van der Waals surface area (Å²) in [7, 11) is 0. The molecule has 1 unspecified atom stereocenters. The van der Waals surface area contributed by atoms with Gasteiger partial charge in [-0.05, 0) is 68.1 Å². The lowest BCUT2D eigenvalue weighted by Gasteiger charge is -2.57. The average Bonchev–Trinajstić information content (AvgIpc) is 2.23. The van der Waals surface area contributed by atoms with Crippen LogP contribution in [0.3, 0.4) is 0 Å². The Morgan fingerprint density at radius 1 is 1.18 bits per heavy atom. The van der Waals surface area contributed by atoms with Crippen molar-refractivity contribution in [2.45, 2.75) is 44.9 Å². The molecule has 0 heterocycles. The van der Waals surface area contributed by atoms with Crippen LogP contribution in [0, 0.1) is 29.1 Å². The normalized spacial score (nSPS) is 44.9. The summed E-state index contributed by atoms with van der Waals surface area (Å²) in [6.45, 7) is 0.303. The minimum atomic E-state index is -0.691. The van der Waals surface area contributed by atoms with Crippen LogP contribution < -0.4 is 5.73 Å². The van der Waals surface area contributed by atoms with Crippen LogP contribution in [-0.4, -0.2) is 17.6 Å². The molecule has 4 rings (SSSR count). The molecule has 0 spiro atoms. The van der Waals surface area contributed by atoms with Crippen molar-refractivity contribution in [3.8, 4) is 0 Å². The topological polar surface area (TPSA) is 63.3 Å². The number of nitrogens with two attached hydrogens (primary N) is 1. The Hall–Kier alpha value is -0.570. The fourth-order valence-electron chi connectivity index (χ4n) is 5.33. The van der Waals surface area contributed by atoms with Gasteiger partial charge in [0.1, 0.15) is 0 Å². The van der Waals surface area contributed by atoms with Crippen molar-refractivity contribution in [2.24, 2.45) is 34.8 Å². The first kappa shape index (κ1) is 11.5. The molecular formula is C14H23NO2. The van der Waals surface area contributed by atoms with Crippen LogP contribution in [0.1, 0.15) is 44.9 Å². The highest BCUT2D eigenvalue weighted by molar-refractivity contribution is 5.70. The van der Waals surface area contributed by atoms with Crippen LogP contribution in [0.5, 0.6) is 0 Å². The summed E-state index contributed by atoms with van der Waals surface area (Å²) in [5.74, 6) is 1.69. The molecule has 4 aliphatic carbocycles. The molecule has 4 bridgehead atoms. The quantitative estimate of drug-likeness (QED) is 0.788. The SMILES string of the molecule is NCC(CC12CC3CC(CC(C3)C1)C2)C(=O)O. The van der Waals surface area contributed by atoms with E-state index >= 15 is 0 Å². The number of carboxylic acid groups (broad SMARTS) is 1. The van der Waals surface area contributed by atoms with Gasteiger partial charge in [0, 0.05) is 6.54 Å². The lowest BCUT2D eigenvalue weighted by Crippen LogP contribution is -2.47. The third-order valence-corrected chi connectivity index (χ3v) is 5.48. The molecule has 0 saturated heterocycles. The highest BCUT2D eigenvalue weighted by Gasteiger charge is 2.51. The van der Waals surface area contributed by atoms with E-state index in [0.717, 1.165) is 24.2 Å². The molecule has 3 N–H and O–H groups in total. The maximum absolute atomic E-state index is 11.2. The van der Waals surface area contributed by atoms with Crippen LogP contribution in [0.25, 0.3) is 0 Å². The molecule has 4 saturated carbocycles. The minimum Gasteiger partial charge on any atom is -0.481 e. The zero-order valence-electron chi connectivity index (χ0n) is 10.4. The summed E-state index contributed by atoms with van der Waals surface area (Å²) < 4.78 is 0. The lowest BCUT2D eigenvalue weighted by molar-refractivity contribution is -0.145. The van der Waals surface area contributed by atoms with Gasteiger partial charge >= 0.3 is 5.97 Å². The number of carbonyl (C=O) groups is 1. The van der Waals surface area contributed by atoms with Crippen LogP contribution >= 0.6 is 0 Å². The summed E-state index contributed by atoms with van der Waals surface area (Å²) in [6, 6.07) is 0. The average molecular weight is 237 g/mol. The van der Waals surface area contributed by atoms with E-state index in [1.54, 1.807) is 0 Å². The molecule has 4 fully saturated rings. The van der Waals surface area contributed by atoms with Crippen molar-refractivity contribution in [1.82, 2.24) is 0 Å². The van der Waals surface area contributed by atoms with Crippen molar-refractivity contribution in [3.63, 3.8) is 0 Å². The van der Waals surface area contributed by atoms with E-state index in [1.807, 2.05) is 0 Å². The molecule has 0 aromatic carbocycles. The molecule has 0 radical (unpaired) electrons. The Morgan fingerprint density at radius 2 is 1.65 bits per heavy atom. The second kappa shape index (κ2) is 3.98. The van der Waals surface area contributed by atoms with E-state index in [0.29, 0.717) is 12.0 Å². The first-order chi connectivity index (χ1) is 8.10. The number of hydrogen-bond donors (Lipinski definition) is 2. The molecule has 0 aromatic heterocycles. The minimum absolute atomic E-state index is 0.303. The highest BCUT2D eigenvalue weighted by Crippen LogP contribution is 2.61. The number of aliphatic carboxylic acids is 1. The molecule has 3 nitrogen and oxygen atoms in total. The molecule has 1 atom stereocenters. The van der Waals surface area contributed by atoms with Crippen molar-refractivity contribution >= 4 is 5.97 Å². The van der Waals surface area contributed by atoms with Gasteiger partial charge < -0.3 is 10.8 Å². The smallest absolute Gasteiger partial charge is 0.307 e. The summed E-state index contributed by atoms with van der Waals surface area (Å²) in [6.07, 6.45) is 8.93. The molecule has 0 aromatic rings. The van der Waals surface area contributed by atoms with Crippen LogP contribution in [-0.2, 0) is 4.79 Å².